The number of hydrogen-bond acceptors (Lipinski definition) is 3. The van der Waals surface area contributed by atoms with E-state index in [4.69, 9.17) is 0 Å². The van der Waals surface area contributed by atoms with Gasteiger partial charge in [-0.1, -0.05) is 13.0 Å². The van der Waals surface area contributed by atoms with Crippen molar-refractivity contribution in [3.8, 4) is 0 Å². The monoisotopic (exact) mass is 287 g/mol. The van der Waals surface area contributed by atoms with E-state index in [0.29, 0.717) is 12.5 Å². The number of carbonyl (C=O) groups is 1. The van der Waals surface area contributed by atoms with Crippen molar-refractivity contribution in [2.45, 2.75) is 39.2 Å². The Kier molecular flexibility index (Phi) is 4.15. The van der Waals surface area contributed by atoms with Crippen LogP contribution in [0.15, 0.2) is 18.2 Å². The quantitative estimate of drug-likeness (QED) is 0.895. The lowest BCUT2D eigenvalue weighted by atomic mass is 9.93. The standard InChI is InChI=1S/C17H25N3O/c1-3-17(21)18-14-5-4-12(2)16(10-14)19-15-7-9-20-8-6-13(15)11-20/h4-5,10,13,15,19H,3,6-9,11H2,1-2H3,(H,18,21). The highest BCUT2D eigenvalue weighted by atomic mass is 16.1. The van der Waals surface area contributed by atoms with Crippen molar-refractivity contribution in [2.24, 2.45) is 5.92 Å². The van der Waals surface area contributed by atoms with Gasteiger partial charge in [-0.05, 0) is 49.9 Å². The van der Waals surface area contributed by atoms with E-state index in [9.17, 15) is 4.79 Å². The molecule has 0 aromatic heterocycles. The molecule has 2 aliphatic heterocycles. The minimum Gasteiger partial charge on any atom is -0.382 e. The van der Waals surface area contributed by atoms with Gasteiger partial charge in [-0.3, -0.25) is 4.79 Å². The number of aryl methyl sites for hydroxylation is 1. The van der Waals surface area contributed by atoms with Crippen molar-refractivity contribution >= 4 is 17.3 Å². The van der Waals surface area contributed by atoms with Gasteiger partial charge in [0.25, 0.3) is 0 Å². The van der Waals surface area contributed by atoms with Crippen LogP contribution in [-0.2, 0) is 4.79 Å². The molecule has 1 amide bonds. The maximum Gasteiger partial charge on any atom is 0.224 e. The van der Waals surface area contributed by atoms with Gasteiger partial charge in [0.2, 0.25) is 5.91 Å². The first-order valence-corrected chi connectivity index (χ1v) is 8.05. The second-order valence-corrected chi connectivity index (χ2v) is 6.32. The maximum atomic E-state index is 11.5. The van der Waals surface area contributed by atoms with Crippen LogP contribution in [0.1, 0.15) is 31.7 Å². The smallest absolute Gasteiger partial charge is 0.224 e. The van der Waals surface area contributed by atoms with Gasteiger partial charge in [0.1, 0.15) is 0 Å². The van der Waals surface area contributed by atoms with E-state index >= 15 is 0 Å². The van der Waals surface area contributed by atoms with Crippen LogP contribution >= 0.6 is 0 Å². The molecule has 3 atom stereocenters. The van der Waals surface area contributed by atoms with Crippen molar-refractivity contribution in [3.63, 3.8) is 0 Å². The number of anilines is 2. The lowest BCUT2D eigenvalue weighted by molar-refractivity contribution is -0.115. The molecule has 114 valence electrons. The molecule has 0 radical (unpaired) electrons. The van der Waals surface area contributed by atoms with E-state index in [1.54, 1.807) is 0 Å². The summed E-state index contributed by atoms with van der Waals surface area (Å²) in [7, 11) is 0. The van der Waals surface area contributed by atoms with Gasteiger partial charge in [0, 0.05) is 36.9 Å². The minimum atomic E-state index is 0.0638. The number of fused-ring (bicyclic) bond motifs is 2. The molecular formula is C17H25N3O. The molecule has 0 aliphatic carbocycles. The molecule has 4 nitrogen and oxygen atoms in total. The van der Waals surface area contributed by atoms with E-state index in [2.05, 4.69) is 34.6 Å². The van der Waals surface area contributed by atoms with Gasteiger partial charge in [-0.2, -0.15) is 0 Å². The topological polar surface area (TPSA) is 44.4 Å². The fourth-order valence-corrected chi connectivity index (χ4v) is 3.45. The van der Waals surface area contributed by atoms with Crippen LogP contribution in [0, 0.1) is 12.8 Å². The fourth-order valence-electron chi connectivity index (χ4n) is 3.45. The Morgan fingerprint density at radius 2 is 2.14 bits per heavy atom. The molecule has 1 aromatic rings. The Balaban J connectivity index is 1.71. The van der Waals surface area contributed by atoms with E-state index in [1.165, 1.54) is 38.0 Å². The molecule has 2 bridgehead atoms. The highest BCUT2D eigenvalue weighted by Gasteiger charge is 2.34. The van der Waals surface area contributed by atoms with Gasteiger partial charge in [0.05, 0.1) is 0 Å². The molecule has 2 heterocycles. The van der Waals surface area contributed by atoms with Crippen LogP contribution < -0.4 is 10.6 Å². The van der Waals surface area contributed by atoms with Crippen LogP contribution in [0.3, 0.4) is 0 Å². The Morgan fingerprint density at radius 1 is 1.33 bits per heavy atom. The summed E-state index contributed by atoms with van der Waals surface area (Å²) in [6.45, 7) is 7.70. The van der Waals surface area contributed by atoms with E-state index in [0.717, 1.165) is 17.3 Å². The molecule has 2 N–H and O–H groups in total. The Morgan fingerprint density at radius 3 is 2.95 bits per heavy atom. The van der Waals surface area contributed by atoms with Gasteiger partial charge in [-0.25, -0.2) is 0 Å². The third-order valence-electron chi connectivity index (χ3n) is 4.82. The average Bonchev–Trinajstić information content (AvgIpc) is 2.88. The normalized spacial score (nSPS) is 27.4. The highest BCUT2D eigenvalue weighted by molar-refractivity contribution is 5.91. The first kappa shape index (κ1) is 14.4. The molecule has 0 saturated carbocycles. The second-order valence-electron chi connectivity index (χ2n) is 6.32. The maximum absolute atomic E-state index is 11.5. The number of rotatable bonds is 4. The summed E-state index contributed by atoms with van der Waals surface area (Å²) in [5.41, 5.74) is 3.29. The molecule has 3 unspecified atom stereocenters. The molecule has 2 saturated heterocycles. The second kappa shape index (κ2) is 6.06. The molecule has 2 aliphatic rings. The third-order valence-corrected chi connectivity index (χ3v) is 4.82. The molecule has 2 fully saturated rings. The molecular weight excluding hydrogens is 262 g/mol. The number of amides is 1. The summed E-state index contributed by atoms with van der Waals surface area (Å²) in [6.07, 6.45) is 3.04. The number of nitrogens with one attached hydrogen (secondary N) is 2. The summed E-state index contributed by atoms with van der Waals surface area (Å²) in [5.74, 6) is 0.834. The summed E-state index contributed by atoms with van der Waals surface area (Å²) in [5, 5.41) is 6.67. The van der Waals surface area contributed by atoms with Crippen molar-refractivity contribution in [1.29, 1.82) is 0 Å². The van der Waals surface area contributed by atoms with Crippen molar-refractivity contribution in [2.75, 3.05) is 30.3 Å². The highest BCUT2D eigenvalue weighted by Crippen LogP contribution is 2.31. The Bertz CT molecular complexity index is 529. The van der Waals surface area contributed by atoms with Gasteiger partial charge < -0.3 is 15.5 Å². The lowest BCUT2D eigenvalue weighted by Gasteiger charge is -2.32. The van der Waals surface area contributed by atoms with Crippen LogP contribution in [0.5, 0.6) is 0 Å². The predicted octanol–water partition coefficient (Wildman–Crippen LogP) is 2.85. The first-order chi connectivity index (χ1) is 10.2. The largest absolute Gasteiger partial charge is 0.382 e. The van der Waals surface area contributed by atoms with Crippen molar-refractivity contribution in [3.05, 3.63) is 23.8 Å². The number of hydrogen-bond donors (Lipinski definition) is 2. The van der Waals surface area contributed by atoms with E-state index in [1.807, 2.05) is 13.0 Å². The number of benzene rings is 1. The van der Waals surface area contributed by atoms with Crippen LogP contribution in [0.25, 0.3) is 0 Å². The predicted molar refractivity (Wildman–Crippen MR) is 86.7 cm³/mol. The van der Waals surface area contributed by atoms with Gasteiger partial charge in [0.15, 0.2) is 0 Å². The van der Waals surface area contributed by atoms with Crippen molar-refractivity contribution in [1.82, 2.24) is 4.90 Å². The first-order valence-electron chi connectivity index (χ1n) is 8.05. The number of carbonyl (C=O) groups excluding carboxylic acids is 1. The summed E-state index contributed by atoms with van der Waals surface area (Å²) >= 11 is 0. The average molecular weight is 287 g/mol. The number of piperidine rings is 1. The summed E-state index contributed by atoms with van der Waals surface area (Å²) < 4.78 is 0. The zero-order valence-electron chi connectivity index (χ0n) is 13.0. The van der Waals surface area contributed by atoms with Gasteiger partial charge >= 0.3 is 0 Å². The zero-order chi connectivity index (χ0) is 14.8. The van der Waals surface area contributed by atoms with Crippen LogP contribution in [0.2, 0.25) is 0 Å². The molecule has 3 rings (SSSR count). The Hall–Kier alpha value is -1.55. The zero-order valence-corrected chi connectivity index (χ0v) is 13.0. The Labute approximate surface area is 126 Å². The lowest BCUT2D eigenvalue weighted by Crippen LogP contribution is -2.39. The molecule has 0 spiro atoms. The molecule has 4 heteroatoms. The third kappa shape index (κ3) is 3.21. The fraction of sp³-hybridized carbons (Fsp3) is 0.588. The van der Waals surface area contributed by atoms with E-state index in [-0.39, 0.29) is 5.91 Å². The van der Waals surface area contributed by atoms with Crippen LogP contribution in [0.4, 0.5) is 11.4 Å². The SMILES string of the molecule is CCC(=O)Nc1ccc(C)c(NC2CCN3CCC2C3)c1. The summed E-state index contributed by atoms with van der Waals surface area (Å²) in [6, 6.07) is 6.70. The molecule has 1 aromatic carbocycles. The van der Waals surface area contributed by atoms with Crippen LogP contribution in [-0.4, -0.2) is 36.5 Å². The van der Waals surface area contributed by atoms with E-state index < -0.39 is 0 Å². The number of nitrogens with zero attached hydrogens (tertiary/aromatic N) is 1. The minimum absolute atomic E-state index is 0.0638. The van der Waals surface area contributed by atoms with Gasteiger partial charge in [-0.15, -0.1) is 0 Å². The molecule has 21 heavy (non-hydrogen) atoms. The summed E-state index contributed by atoms with van der Waals surface area (Å²) in [4.78, 5) is 14.1. The van der Waals surface area contributed by atoms with Crippen molar-refractivity contribution < 1.29 is 4.79 Å².